The fourth-order valence-electron chi connectivity index (χ4n) is 1.92. The van der Waals surface area contributed by atoms with Crippen LogP contribution in [-0.2, 0) is 0 Å². The van der Waals surface area contributed by atoms with Gasteiger partial charge in [0.25, 0.3) is 0 Å². The van der Waals surface area contributed by atoms with Crippen LogP contribution >= 0.6 is 11.6 Å². The van der Waals surface area contributed by atoms with Crippen molar-refractivity contribution >= 4 is 23.5 Å². The second-order valence-corrected chi connectivity index (χ2v) is 5.64. The number of hydrogen-bond acceptors (Lipinski definition) is 5. The lowest BCUT2D eigenvalue weighted by molar-refractivity contribution is 0.490. The Hall–Kier alpha value is -1.10. The number of halogens is 1. The standard InChI is InChI=1S/C12H20ClN5/c1-4-7-14-10-15-9(13)16-11(17-10)18-12(2,3)8-5-6-8/h8H,4-7H2,1-3H3,(H2,14,15,16,17,18). The molecule has 0 atom stereocenters. The van der Waals surface area contributed by atoms with Gasteiger partial charge in [0.2, 0.25) is 17.2 Å². The van der Waals surface area contributed by atoms with Gasteiger partial charge in [-0.05, 0) is 50.6 Å². The molecule has 1 saturated carbocycles. The van der Waals surface area contributed by atoms with E-state index in [0.29, 0.717) is 17.8 Å². The number of rotatable bonds is 6. The number of nitrogens with zero attached hydrogens (tertiary/aromatic N) is 3. The maximum Gasteiger partial charge on any atom is 0.229 e. The predicted octanol–water partition coefficient (Wildman–Crippen LogP) is 2.95. The van der Waals surface area contributed by atoms with E-state index in [9.17, 15) is 0 Å². The summed E-state index contributed by atoms with van der Waals surface area (Å²) in [4.78, 5) is 12.5. The third-order valence-corrected chi connectivity index (χ3v) is 3.34. The zero-order valence-corrected chi connectivity index (χ0v) is 11.9. The van der Waals surface area contributed by atoms with Gasteiger partial charge in [-0.25, -0.2) is 0 Å². The molecule has 5 nitrogen and oxygen atoms in total. The lowest BCUT2D eigenvalue weighted by Gasteiger charge is -2.26. The van der Waals surface area contributed by atoms with Crippen molar-refractivity contribution in [2.45, 2.75) is 45.6 Å². The van der Waals surface area contributed by atoms with E-state index < -0.39 is 0 Å². The fourth-order valence-corrected chi connectivity index (χ4v) is 2.08. The quantitative estimate of drug-likeness (QED) is 0.831. The molecule has 1 aromatic rings. The summed E-state index contributed by atoms with van der Waals surface area (Å²) in [7, 11) is 0. The smallest absolute Gasteiger partial charge is 0.229 e. The molecule has 2 rings (SSSR count). The largest absolute Gasteiger partial charge is 0.354 e. The van der Waals surface area contributed by atoms with Crippen molar-refractivity contribution in [2.24, 2.45) is 5.92 Å². The van der Waals surface area contributed by atoms with Crippen LogP contribution < -0.4 is 10.6 Å². The number of anilines is 2. The number of nitrogens with one attached hydrogen (secondary N) is 2. The minimum atomic E-state index is 0.00666. The first-order chi connectivity index (χ1) is 8.51. The Bertz CT molecular complexity index is 417. The molecule has 0 bridgehead atoms. The summed E-state index contributed by atoms with van der Waals surface area (Å²) in [5.41, 5.74) is 0.00666. The summed E-state index contributed by atoms with van der Waals surface area (Å²) in [6.07, 6.45) is 3.54. The fraction of sp³-hybridized carbons (Fsp3) is 0.750. The second-order valence-electron chi connectivity index (χ2n) is 5.30. The molecule has 1 aliphatic rings. The van der Waals surface area contributed by atoms with Gasteiger partial charge in [-0.1, -0.05) is 6.92 Å². The van der Waals surface area contributed by atoms with E-state index in [4.69, 9.17) is 11.6 Å². The van der Waals surface area contributed by atoms with Crippen molar-refractivity contribution in [1.29, 1.82) is 0 Å². The Balaban J connectivity index is 2.09. The first-order valence-electron chi connectivity index (χ1n) is 6.45. The van der Waals surface area contributed by atoms with Crippen molar-refractivity contribution < 1.29 is 0 Å². The van der Waals surface area contributed by atoms with Crippen molar-refractivity contribution in [1.82, 2.24) is 15.0 Å². The highest BCUT2D eigenvalue weighted by Crippen LogP contribution is 2.40. The molecule has 0 radical (unpaired) electrons. The molecule has 18 heavy (non-hydrogen) atoms. The molecule has 0 saturated heterocycles. The van der Waals surface area contributed by atoms with Crippen LogP contribution in [-0.4, -0.2) is 27.0 Å². The zero-order chi connectivity index (χ0) is 13.2. The van der Waals surface area contributed by atoms with Gasteiger partial charge in [0.1, 0.15) is 0 Å². The Morgan fingerprint density at radius 1 is 1.22 bits per heavy atom. The monoisotopic (exact) mass is 269 g/mol. The molecule has 1 heterocycles. The Labute approximate surface area is 113 Å². The summed E-state index contributed by atoms with van der Waals surface area (Å²) < 4.78 is 0. The van der Waals surface area contributed by atoms with E-state index in [-0.39, 0.29) is 10.8 Å². The van der Waals surface area contributed by atoms with Crippen LogP contribution in [0.15, 0.2) is 0 Å². The minimum Gasteiger partial charge on any atom is -0.354 e. The molecule has 6 heteroatoms. The first kappa shape index (κ1) is 13.3. The summed E-state index contributed by atoms with van der Waals surface area (Å²) in [5.74, 6) is 1.77. The average Bonchev–Trinajstić information content (AvgIpc) is 3.08. The van der Waals surface area contributed by atoms with Crippen LogP contribution in [0.2, 0.25) is 5.28 Å². The molecule has 0 unspecified atom stereocenters. The van der Waals surface area contributed by atoms with E-state index in [2.05, 4.69) is 46.4 Å². The van der Waals surface area contributed by atoms with Crippen LogP contribution in [0.4, 0.5) is 11.9 Å². The molecule has 2 N–H and O–H groups in total. The van der Waals surface area contributed by atoms with Crippen LogP contribution in [0.5, 0.6) is 0 Å². The molecule has 0 aromatic carbocycles. The van der Waals surface area contributed by atoms with E-state index in [1.165, 1.54) is 12.8 Å². The van der Waals surface area contributed by atoms with Crippen LogP contribution in [0.3, 0.4) is 0 Å². The van der Waals surface area contributed by atoms with E-state index >= 15 is 0 Å². The number of hydrogen-bond donors (Lipinski definition) is 2. The molecule has 1 aromatic heterocycles. The summed E-state index contributed by atoms with van der Waals surface area (Å²) in [6, 6.07) is 0. The van der Waals surface area contributed by atoms with Gasteiger partial charge in [0.05, 0.1) is 0 Å². The highest BCUT2D eigenvalue weighted by molar-refractivity contribution is 6.28. The zero-order valence-electron chi connectivity index (χ0n) is 11.1. The van der Waals surface area contributed by atoms with Gasteiger partial charge >= 0.3 is 0 Å². The topological polar surface area (TPSA) is 62.7 Å². The van der Waals surface area contributed by atoms with Gasteiger partial charge in [-0.2, -0.15) is 15.0 Å². The average molecular weight is 270 g/mol. The van der Waals surface area contributed by atoms with Gasteiger partial charge in [-0.3, -0.25) is 0 Å². The Morgan fingerprint density at radius 2 is 1.89 bits per heavy atom. The highest BCUT2D eigenvalue weighted by Gasteiger charge is 2.38. The minimum absolute atomic E-state index is 0.00666. The maximum atomic E-state index is 5.91. The third-order valence-electron chi connectivity index (χ3n) is 3.17. The SMILES string of the molecule is CCCNc1nc(Cl)nc(NC(C)(C)C2CC2)n1. The van der Waals surface area contributed by atoms with Gasteiger partial charge < -0.3 is 10.6 Å². The number of aromatic nitrogens is 3. The van der Waals surface area contributed by atoms with Crippen molar-refractivity contribution in [3.63, 3.8) is 0 Å². The molecular formula is C12H20ClN5. The van der Waals surface area contributed by atoms with Gasteiger partial charge in [0.15, 0.2) is 0 Å². The summed E-state index contributed by atoms with van der Waals surface area (Å²) in [5, 5.41) is 6.69. The first-order valence-corrected chi connectivity index (χ1v) is 6.82. The van der Waals surface area contributed by atoms with E-state index in [0.717, 1.165) is 13.0 Å². The summed E-state index contributed by atoms with van der Waals surface area (Å²) >= 11 is 5.91. The molecule has 100 valence electrons. The van der Waals surface area contributed by atoms with Crippen LogP contribution in [0.1, 0.15) is 40.0 Å². The normalized spacial score (nSPS) is 15.6. The molecule has 1 fully saturated rings. The summed E-state index contributed by atoms with van der Waals surface area (Å²) in [6.45, 7) is 7.25. The Kier molecular flexibility index (Phi) is 3.90. The van der Waals surface area contributed by atoms with Crippen molar-refractivity contribution in [3.8, 4) is 0 Å². The lowest BCUT2D eigenvalue weighted by atomic mass is 9.99. The maximum absolute atomic E-state index is 5.91. The van der Waals surface area contributed by atoms with Gasteiger partial charge in [-0.15, -0.1) is 0 Å². The predicted molar refractivity (Wildman–Crippen MR) is 74.0 cm³/mol. The van der Waals surface area contributed by atoms with Crippen LogP contribution in [0.25, 0.3) is 0 Å². The third kappa shape index (κ3) is 3.45. The molecule has 0 amide bonds. The highest BCUT2D eigenvalue weighted by atomic mass is 35.5. The van der Waals surface area contributed by atoms with E-state index in [1.807, 2.05) is 0 Å². The Morgan fingerprint density at radius 3 is 2.50 bits per heavy atom. The van der Waals surface area contributed by atoms with E-state index in [1.54, 1.807) is 0 Å². The van der Waals surface area contributed by atoms with Crippen LogP contribution in [0, 0.1) is 5.92 Å². The second kappa shape index (κ2) is 5.26. The van der Waals surface area contributed by atoms with Gasteiger partial charge in [0, 0.05) is 12.1 Å². The molecule has 0 spiro atoms. The molecular weight excluding hydrogens is 250 g/mol. The molecule has 0 aliphatic heterocycles. The van der Waals surface area contributed by atoms with Crippen molar-refractivity contribution in [3.05, 3.63) is 5.28 Å². The lowest BCUT2D eigenvalue weighted by Crippen LogP contribution is -2.34. The molecule has 1 aliphatic carbocycles. The van der Waals surface area contributed by atoms with Crippen molar-refractivity contribution in [2.75, 3.05) is 17.2 Å².